The number of thioether (sulfide) groups is 2. The Kier molecular flexibility index (Phi) is 15.5. The van der Waals surface area contributed by atoms with Gasteiger partial charge in [0.2, 0.25) is 41.4 Å². The first kappa shape index (κ1) is 40.9. The summed E-state index contributed by atoms with van der Waals surface area (Å²) in [6.07, 6.45) is -0.599. The van der Waals surface area contributed by atoms with Crippen molar-refractivity contribution in [3.8, 4) is 0 Å². The summed E-state index contributed by atoms with van der Waals surface area (Å²) in [7, 11) is 0. The maximum absolute atomic E-state index is 12.9. The summed E-state index contributed by atoms with van der Waals surface area (Å²) in [6.45, 7) is 13.3. The third kappa shape index (κ3) is 11.1. The average molecular weight is 726 g/mol. The lowest BCUT2D eigenvalue weighted by Crippen LogP contribution is -2.52. The van der Waals surface area contributed by atoms with E-state index < -0.39 is 112 Å². The van der Waals surface area contributed by atoms with Crippen LogP contribution in [0.15, 0.2) is 24.6 Å². The van der Waals surface area contributed by atoms with Gasteiger partial charge in [0.1, 0.15) is 17.5 Å². The first-order valence-corrected chi connectivity index (χ1v) is 17.8. The minimum absolute atomic E-state index is 0.0685. The second-order valence-electron chi connectivity index (χ2n) is 11.1. The highest BCUT2D eigenvalue weighted by Gasteiger charge is 2.42. The number of hydrogen-bond donors (Lipinski definition) is 5. The van der Waals surface area contributed by atoms with E-state index in [0.29, 0.717) is 9.80 Å². The van der Waals surface area contributed by atoms with E-state index in [9.17, 15) is 43.2 Å². The van der Waals surface area contributed by atoms with Crippen LogP contribution in [-0.4, -0.2) is 117 Å². The molecule has 0 radical (unpaired) electrons. The molecule has 0 aromatic rings. The molecule has 5 atom stereocenters. The highest BCUT2D eigenvalue weighted by Crippen LogP contribution is 2.27. The summed E-state index contributed by atoms with van der Waals surface area (Å²) in [6, 6.07) is -1.07. The number of nitrogens with zero attached hydrogens (tertiary/aromatic N) is 2. The fourth-order valence-electron chi connectivity index (χ4n) is 4.85. The van der Waals surface area contributed by atoms with Gasteiger partial charge in [-0.25, -0.2) is 9.80 Å². The number of rotatable bonds is 18. The van der Waals surface area contributed by atoms with E-state index in [4.69, 9.17) is 4.74 Å². The Morgan fingerprint density at radius 1 is 0.735 bits per heavy atom. The normalized spacial score (nSPS) is 19.9. The average Bonchev–Trinajstić information content (AvgIpc) is 3.47. The van der Waals surface area contributed by atoms with Crippen LogP contribution in [0.25, 0.3) is 0 Å². The first-order chi connectivity index (χ1) is 22.9. The number of carbonyl (C=O) groups excluding carboxylic acids is 9. The van der Waals surface area contributed by atoms with Crippen LogP contribution >= 0.6 is 23.5 Å². The first-order valence-electron chi connectivity index (χ1n) is 15.2. The van der Waals surface area contributed by atoms with Gasteiger partial charge in [0.25, 0.3) is 11.8 Å². The minimum atomic E-state index is -1.07. The molecule has 9 amide bonds. The second kappa shape index (κ2) is 18.5. The van der Waals surface area contributed by atoms with Crippen molar-refractivity contribution in [2.75, 3.05) is 19.1 Å². The van der Waals surface area contributed by atoms with Crippen LogP contribution in [0.1, 0.15) is 53.4 Å². The largest absolute Gasteiger partial charge is 0.369 e. The highest BCUT2D eigenvalue weighted by molar-refractivity contribution is 8.00. The van der Waals surface area contributed by atoms with Crippen molar-refractivity contribution in [1.29, 1.82) is 0 Å². The topological polar surface area (TPSA) is 229 Å². The van der Waals surface area contributed by atoms with Gasteiger partial charge >= 0.3 is 0 Å². The molecule has 0 aromatic carbocycles. The van der Waals surface area contributed by atoms with Crippen LogP contribution in [-0.2, 0) is 47.9 Å². The Morgan fingerprint density at radius 2 is 1.12 bits per heavy atom. The monoisotopic (exact) mass is 725 g/mol. The van der Waals surface area contributed by atoms with Crippen molar-refractivity contribution < 1.29 is 47.9 Å². The van der Waals surface area contributed by atoms with Gasteiger partial charge < -0.3 is 31.3 Å². The third-order valence-corrected chi connectivity index (χ3v) is 9.16. The zero-order chi connectivity index (χ0) is 37.2. The number of ether oxygens (including phenoxy) is 1. The fourth-order valence-corrected chi connectivity index (χ4v) is 6.08. The molecule has 19 heteroatoms. The molecule has 2 heterocycles. The number of hydrogen-bond acceptors (Lipinski definition) is 12. The molecule has 0 saturated carbocycles. The molecule has 2 saturated heterocycles. The molecule has 0 spiro atoms. The molecule has 49 heavy (non-hydrogen) atoms. The van der Waals surface area contributed by atoms with Crippen molar-refractivity contribution >= 4 is 76.7 Å². The summed E-state index contributed by atoms with van der Waals surface area (Å²) in [5.41, 5.74) is -0.793. The van der Waals surface area contributed by atoms with Gasteiger partial charge in [0.05, 0.1) is 22.8 Å². The summed E-state index contributed by atoms with van der Waals surface area (Å²) < 4.78 is 5.29. The van der Waals surface area contributed by atoms with Gasteiger partial charge in [0.15, 0.2) is 0 Å². The lowest BCUT2D eigenvalue weighted by atomic mass is 10.1. The molecule has 2 aliphatic heterocycles. The van der Waals surface area contributed by atoms with Gasteiger partial charge in [-0.05, 0) is 40.2 Å². The maximum atomic E-state index is 12.9. The molecule has 17 nitrogen and oxygen atoms in total. The molecule has 0 aliphatic carbocycles. The van der Waals surface area contributed by atoms with Crippen molar-refractivity contribution in [3.63, 3.8) is 0 Å². The van der Waals surface area contributed by atoms with E-state index in [0.717, 1.165) is 0 Å². The molecule has 0 aromatic heterocycles. The van der Waals surface area contributed by atoms with E-state index in [1.54, 1.807) is 19.4 Å². The molecule has 2 fully saturated rings. The van der Waals surface area contributed by atoms with E-state index >= 15 is 0 Å². The Balaban J connectivity index is 2.00. The van der Waals surface area contributed by atoms with E-state index in [1.165, 1.54) is 44.3 Å². The summed E-state index contributed by atoms with van der Waals surface area (Å²) in [5.74, 6) is -5.97. The van der Waals surface area contributed by atoms with Crippen molar-refractivity contribution in [2.45, 2.75) is 88.4 Å². The van der Waals surface area contributed by atoms with Crippen LogP contribution < -0.4 is 26.6 Å². The maximum Gasteiger partial charge on any atom is 0.269 e. The van der Waals surface area contributed by atoms with Crippen LogP contribution in [0.5, 0.6) is 0 Å². The van der Waals surface area contributed by atoms with E-state index in [-0.39, 0.29) is 19.4 Å². The van der Waals surface area contributed by atoms with E-state index in [1.807, 2.05) is 0 Å². The lowest BCUT2D eigenvalue weighted by molar-refractivity contribution is -0.139. The number of likely N-dealkylation sites (tertiary alicyclic amines) is 2. The quantitative estimate of drug-likeness (QED) is 0.0641. The molecule has 5 N–H and O–H groups in total. The Hall–Kier alpha value is -4.23. The smallest absolute Gasteiger partial charge is 0.269 e. The van der Waals surface area contributed by atoms with E-state index in [2.05, 4.69) is 39.7 Å². The molecule has 5 unspecified atom stereocenters. The van der Waals surface area contributed by atoms with Crippen molar-refractivity contribution in [3.05, 3.63) is 24.6 Å². The van der Waals surface area contributed by atoms with Gasteiger partial charge in [-0.1, -0.05) is 13.2 Å². The van der Waals surface area contributed by atoms with Crippen LogP contribution in [0.3, 0.4) is 0 Å². The summed E-state index contributed by atoms with van der Waals surface area (Å²) in [5, 5.41) is 11.2. The third-order valence-electron chi connectivity index (χ3n) is 7.29. The number of amides is 9. The van der Waals surface area contributed by atoms with Gasteiger partial charge in [-0.3, -0.25) is 43.2 Å². The van der Waals surface area contributed by atoms with Crippen LogP contribution in [0.4, 0.5) is 0 Å². The Bertz CT molecular complexity index is 1320. The SMILES string of the molecule is C=C(C(=O)NC(C)NC(=O)CC(CC(=O)NC(C)NC(=O)C(=C)N1C(=O)CC(SC)C1=O)NC(=O)C(C)OCC)N1C(=O)CC(SC)C1=O. The van der Waals surface area contributed by atoms with Crippen molar-refractivity contribution in [2.24, 2.45) is 0 Å². The number of imide groups is 2. The lowest BCUT2D eigenvalue weighted by Gasteiger charge is -2.24. The molecular weight excluding hydrogens is 683 g/mol. The van der Waals surface area contributed by atoms with Gasteiger partial charge in [0, 0.05) is 38.3 Å². The summed E-state index contributed by atoms with van der Waals surface area (Å²) in [4.78, 5) is 115. The fraction of sp³-hybridized carbons (Fsp3) is 0.567. The standard InChI is InChI=1S/C30H43N7O10S2/c1-9-47-16(4)28(44)35-19(10-22(38)31-17(5)33-26(42)14(2)36-24(40)12-20(48-7)29(36)45)11-23(39)32-18(6)34-27(43)15(3)37-25(41)13-21(49-8)30(37)46/h16-21H,2-3,9-13H2,1,4-8H3,(H,31,38)(H,32,39)(H,33,42)(H,34,43)(H,35,44). The Morgan fingerprint density at radius 3 is 1.45 bits per heavy atom. The predicted octanol–water partition coefficient (Wildman–Crippen LogP) is -1.16. The molecule has 2 rings (SSSR count). The number of carbonyl (C=O) groups is 9. The molecule has 270 valence electrons. The minimum Gasteiger partial charge on any atom is -0.369 e. The van der Waals surface area contributed by atoms with Gasteiger partial charge in [-0.2, -0.15) is 23.5 Å². The highest BCUT2D eigenvalue weighted by atomic mass is 32.2. The van der Waals surface area contributed by atoms with Gasteiger partial charge in [-0.15, -0.1) is 0 Å². The van der Waals surface area contributed by atoms with Crippen molar-refractivity contribution in [1.82, 2.24) is 36.4 Å². The molecular formula is C30H43N7O10S2. The van der Waals surface area contributed by atoms with Crippen LogP contribution in [0, 0.1) is 0 Å². The zero-order valence-electron chi connectivity index (χ0n) is 28.2. The Labute approximate surface area is 292 Å². The van der Waals surface area contributed by atoms with Crippen LogP contribution in [0.2, 0.25) is 0 Å². The molecule has 0 bridgehead atoms. The second-order valence-corrected chi connectivity index (χ2v) is 13.2. The zero-order valence-corrected chi connectivity index (χ0v) is 29.8. The molecule has 2 aliphatic rings. The predicted molar refractivity (Wildman–Crippen MR) is 180 cm³/mol. The number of nitrogens with one attached hydrogen (secondary N) is 5. The summed E-state index contributed by atoms with van der Waals surface area (Å²) >= 11 is 2.35.